The Morgan fingerprint density at radius 1 is 1.47 bits per heavy atom. The van der Waals surface area contributed by atoms with E-state index in [1.165, 1.54) is 31.4 Å². The molecule has 0 aliphatic heterocycles. The summed E-state index contributed by atoms with van der Waals surface area (Å²) >= 11 is 0. The van der Waals surface area contributed by atoms with Crippen molar-refractivity contribution in [2.45, 2.75) is 12.3 Å². The average Bonchev–Trinajstić information content (AvgIpc) is 2.26. The van der Waals surface area contributed by atoms with E-state index in [0.717, 1.165) is 0 Å². The molecule has 0 heterocycles. The third-order valence-corrected chi connectivity index (χ3v) is 2.09. The van der Waals surface area contributed by atoms with E-state index in [2.05, 4.69) is 4.74 Å². The third-order valence-electron chi connectivity index (χ3n) is 2.09. The molecule has 0 radical (unpaired) electrons. The van der Waals surface area contributed by atoms with Gasteiger partial charge in [0.15, 0.2) is 0 Å². The van der Waals surface area contributed by atoms with E-state index in [1.807, 2.05) is 0 Å². The van der Waals surface area contributed by atoms with Crippen LogP contribution in [-0.4, -0.2) is 19.4 Å². The number of aldehydes is 1. The van der Waals surface area contributed by atoms with Gasteiger partial charge in [-0.2, -0.15) is 0 Å². The highest BCUT2D eigenvalue weighted by atomic mass is 19.1. The minimum Gasteiger partial charge on any atom is -0.469 e. The molecule has 1 atom stereocenters. The molecule has 0 spiro atoms. The summed E-state index contributed by atoms with van der Waals surface area (Å²) in [6.07, 6.45) is 0.684. The zero-order chi connectivity index (χ0) is 11.3. The first-order valence-electron chi connectivity index (χ1n) is 4.46. The number of hydrogen-bond acceptors (Lipinski definition) is 3. The van der Waals surface area contributed by atoms with Crippen LogP contribution in [0.5, 0.6) is 0 Å². The van der Waals surface area contributed by atoms with Crippen molar-refractivity contribution in [2.24, 2.45) is 0 Å². The van der Waals surface area contributed by atoms with E-state index >= 15 is 0 Å². The van der Waals surface area contributed by atoms with Gasteiger partial charge in [-0.3, -0.25) is 4.79 Å². The molecule has 0 aliphatic carbocycles. The Hall–Kier alpha value is -1.71. The third kappa shape index (κ3) is 2.87. The van der Waals surface area contributed by atoms with E-state index in [4.69, 9.17) is 0 Å². The van der Waals surface area contributed by atoms with Crippen molar-refractivity contribution in [3.05, 3.63) is 35.6 Å². The van der Waals surface area contributed by atoms with E-state index in [0.29, 0.717) is 11.8 Å². The molecule has 1 rings (SSSR count). The molecule has 0 saturated heterocycles. The van der Waals surface area contributed by atoms with Gasteiger partial charge in [0.25, 0.3) is 0 Å². The second kappa shape index (κ2) is 5.24. The minimum absolute atomic E-state index is 0.0400. The fourth-order valence-corrected chi connectivity index (χ4v) is 1.30. The zero-order valence-electron chi connectivity index (χ0n) is 8.27. The highest BCUT2D eigenvalue weighted by molar-refractivity contribution is 5.80. The summed E-state index contributed by atoms with van der Waals surface area (Å²) < 4.78 is 17.2. The Kier molecular flexibility index (Phi) is 3.97. The largest absolute Gasteiger partial charge is 0.469 e. The molecule has 0 saturated carbocycles. The Balaban J connectivity index is 2.93. The van der Waals surface area contributed by atoms with Gasteiger partial charge >= 0.3 is 5.97 Å². The molecule has 0 aromatic heterocycles. The number of rotatable bonds is 4. The Morgan fingerprint density at radius 2 is 2.07 bits per heavy atom. The highest BCUT2D eigenvalue weighted by Crippen LogP contribution is 2.20. The maximum Gasteiger partial charge on any atom is 0.313 e. The van der Waals surface area contributed by atoms with Crippen LogP contribution in [0, 0.1) is 5.82 Å². The zero-order valence-corrected chi connectivity index (χ0v) is 8.27. The molecular formula is C11H11FO3. The fraction of sp³-hybridized carbons (Fsp3) is 0.273. The lowest BCUT2D eigenvalue weighted by atomic mass is 9.96. The van der Waals surface area contributed by atoms with Crippen LogP contribution in [0.2, 0.25) is 0 Å². The van der Waals surface area contributed by atoms with Gasteiger partial charge in [0.1, 0.15) is 12.1 Å². The summed E-state index contributed by atoms with van der Waals surface area (Å²) in [5.41, 5.74) is 0.579. The first kappa shape index (κ1) is 11.4. The highest BCUT2D eigenvalue weighted by Gasteiger charge is 2.20. The number of methoxy groups -OCH3 is 1. The minimum atomic E-state index is -0.645. The predicted octanol–water partition coefficient (Wildman–Crippen LogP) is 1.67. The van der Waals surface area contributed by atoms with Gasteiger partial charge in [-0.15, -0.1) is 0 Å². The molecule has 0 fully saturated rings. The first-order valence-corrected chi connectivity index (χ1v) is 4.46. The number of carbonyl (C=O) groups excluding carboxylic acids is 2. The fourth-order valence-electron chi connectivity index (χ4n) is 1.30. The molecule has 0 N–H and O–H groups in total. The second-order valence-electron chi connectivity index (χ2n) is 3.03. The summed E-state index contributed by atoms with van der Waals surface area (Å²) in [7, 11) is 1.25. The van der Waals surface area contributed by atoms with Gasteiger partial charge in [-0.05, 0) is 17.7 Å². The Morgan fingerprint density at radius 3 is 2.53 bits per heavy atom. The lowest BCUT2D eigenvalue weighted by Gasteiger charge is -2.11. The molecule has 80 valence electrons. The standard InChI is InChI=1S/C11H11FO3/c1-15-11(14)10(6-7-13)8-2-4-9(12)5-3-8/h2-5,7,10H,6H2,1H3. The second-order valence-corrected chi connectivity index (χ2v) is 3.03. The monoisotopic (exact) mass is 210 g/mol. The normalized spacial score (nSPS) is 11.9. The molecule has 0 amide bonds. The summed E-state index contributed by atoms with van der Waals surface area (Å²) in [4.78, 5) is 21.7. The molecule has 4 heteroatoms. The number of carbonyl (C=O) groups is 2. The van der Waals surface area contributed by atoms with E-state index < -0.39 is 11.9 Å². The van der Waals surface area contributed by atoms with Crippen LogP contribution in [-0.2, 0) is 14.3 Å². The molecule has 3 nitrogen and oxygen atoms in total. The van der Waals surface area contributed by atoms with Crippen molar-refractivity contribution in [3.8, 4) is 0 Å². The van der Waals surface area contributed by atoms with Gasteiger partial charge in [0, 0.05) is 6.42 Å². The number of benzene rings is 1. The maximum atomic E-state index is 12.6. The maximum absolute atomic E-state index is 12.6. The number of ether oxygens (including phenoxy) is 1. The van der Waals surface area contributed by atoms with Crippen molar-refractivity contribution < 1.29 is 18.7 Å². The van der Waals surface area contributed by atoms with Crippen molar-refractivity contribution in [1.29, 1.82) is 0 Å². The van der Waals surface area contributed by atoms with Crippen LogP contribution in [0.15, 0.2) is 24.3 Å². The van der Waals surface area contributed by atoms with Gasteiger partial charge in [0.05, 0.1) is 13.0 Å². The van der Waals surface area contributed by atoms with Crippen molar-refractivity contribution >= 4 is 12.3 Å². The topological polar surface area (TPSA) is 43.4 Å². The first-order chi connectivity index (χ1) is 7.19. The number of esters is 1. The SMILES string of the molecule is COC(=O)C(CC=O)c1ccc(F)cc1. The Bertz CT molecular complexity index is 345. The van der Waals surface area contributed by atoms with Crippen LogP contribution in [0.1, 0.15) is 17.9 Å². The lowest BCUT2D eigenvalue weighted by molar-refractivity contribution is -0.143. The molecule has 1 aromatic carbocycles. The molecule has 15 heavy (non-hydrogen) atoms. The Labute approximate surface area is 86.9 Å². The van der Waals surface area contributed by atoms with E-state index in [9.17, 15) is 14.0 Å². The predicted molar refractivity (Wildman–Crippen MR) is 51.8 cm³/mol. The van der Waals surface area contributed by atoms with E-state index in [1.54, 1.807) is 0 Å². The molecule has 1 unspecified atom stereocenters. The summed E-state index contributed by atoms with van der Waals surface area (Å²) in [5.74, 6) is -1.52. The van der Waals surface area contributed by atoms with Gasteiger partial charge in [0.2, 0.25) is 0 Å². The summed E-state index contributed by atoms with van der Waals surface area (Å²) in [6, 6.07) is 5.44. The summed E-state index contributed by atoms with van der Waals surface area (Å²) in [6.45, 7) is 0. The van der Waals surface area contributed by atoms with Gasteiger partial charge < -0.3 is 9.53 Å². The molecule has 0 aliphatic rings. The van der Waals surface area contributed by atoms with Gasteiger partial charge in [-0.1, -0.05) is 12.1 Å². The van der Waals surface area contributed by atoms with Crippen molar-refractivity contribution in [1.82, 2.24) is 0 Å². The smallest absolute Gasteiger partial charge is 0.313 e. The average molecular weight is 210 g/mol. The van der Waals surface area contributed by atoms with Crippen LogP contribution >= 0.6 is 0 Å². The van der Waals surface area contributed by atoms with Crippen molar-refractivity contribution in [3.63, 3.8) is 0 Å². The van der Waals surface area contributed by atoms with Crippen LogP contribution in [0.4, 0.5) is 4.39 Å². The van der Waals surface area contributed by atoms with Gasteiger partial charge in [-0.25, -0.2) is 4.39 Å². The summed E-state index contributed by atoms with van der Waals surface area (Å²) in [5, 5.41) is 0. The van der Waals surface area contributed by atoms with Crippen LogP contribution in [0.25, 0.3) is 0 Å². The number of halogens is 1. The molecule has 0 bridgehead atoms. The molecule has 1 aromatic rings. The lowest BCUT2D eigenvalue weighted by Crippen LogP contribution is -2.14. The molecular weight excluding hydrogens is 199 g/mol. The quantitative estimate of drug-likeness (QED) is 0.560. The number of hydrogen-bond donors (Lipinski definition) is 0. The van der Waals surface area contributed by atoms with E-state index in [-0.39, 0.29) is 12.2 Å². The van der Waals surface area contributed by atoms with Crippen LogP contribution < -0.4 is 0 Å². The van der Waals surface area contributed by atoms with Crippen LogP contribution in [0.3, 0.4) is 0 Å². The van der Waals surface area contributed by atoms with Crippen molar-refractivity contribution in [2.75, 3.05) is 7.11 Å².